The summed E-state index contributed by atoms with van der Waals surface area (Å²) < 4.78 is 32.5. The Morgan fingerprint density at radius 1 is 1.35 bits per heavy atom. The molecular weight excluding hydrogens is 334 g/mol. The van der Waals surface area contributed by atoms with E-state index in [9.17, 15) is 8.42 Å². The Bertz CT molecular complexity index is 705. The Morgan fingerprint density at radius 3 is 2.91 bits per heavy atom. The van der Waals surface area contributed by atoms with Gasteiger partial charge < -0.3 is 9.64 Å². The number of rotatable bonds is 7. The Hall–Kier alpha value is -1.64. The highest BCUT2D eigenvalue weighted by atomic mass is 32.2. The molecule has 1 aromatic heterocycles. The second-order valence-electron chi connectivity index (χ2n) is 5.34. The van der Waals surface area contributed by atoms with Crippen molar-refractivity contribution >= 4 is 26.5 Å². The monoisotopic (exact) mass is 353 g/mol. The number of hydrogen-bond donors (Lipinski definition) is 1. The first kappa shape index (κ1) is 16.2. The summed E-state index contributed by atoms with van der Waals surface area (Å²) >= 11 is 1.57. The number of ether oxygens (including phenoxy) is 1. The predicted molar refractivity (Wildman–Crippen MR) is 91.6 cm³/mol. The van der Waals surface area contributed by atoms with E-state index in [4.69, 9.17) is 4.74 Å². The lowest BCUT2D eigenvalue weighted by Crippen LogP contribution is -2.39. The second kappa shape index (κ2) is 7.29. The third-order valence-corrected chi connectivity index (χ3v) is 5.82. The first-order valence-corrected chi connectivity index (χ1v) is 9.98. The molecule has 1 fully saturated rings. The highest BCUT2D eigenvalue weighted by molar-refractivity contribution is 7.89. The van der Waals surface area contributed by atoms with Crippen LogP contribution in [0.15, 0.2) is 41.9 Å². The predicted octanol–water partition coefficient (Wildman–Crippen LogP) is 1.72. The van der Waals surface area contributed by atoms with Gasteiger partial charge in [-0.25, -0.2) is 18.1 Å². The van der Waals surface area contributed by atoms with Gasteiger partial charge in [-0.3, -0.25) is 0 Å². The van der Waals surface area contributed by atoms with Crippen molar-refractivity contribution in [3.8, 4) is 5.75 Å². The molecule has 124 valence electrons. The molecule has 1 aliphatic rings. The number of benzene rings is 1. The lowest BCUT2D eigenvalue weighted by molar-refractivity contribution is 0.340. The van der Waals surface area contributed by atoms with Gasteiger partial charge in [0.1, 0.15) is 12.4 Å². The van der Waals surface area contributed by atoms with Crippen LogP contribution in [0.1, 0.15) is 6.42 Å². The Kier molecular flexibility index (Phi) is 5.14. The molecule has 0 saturated carbocycles. The van der Waals surface area contributed by atoms with Crippen LogP contribution in [0, 0.1) is 0 Å². The molecule has 23 heavy (non-hydrogen) atoms. The summed E-state index contributed by atoms with van der Waals surface area (Å²) in [6, 6.07) is 9.15. The molecule has 0 spiro atoms. The molecule has 2 aromatic rings. The summed E-state index contributed by atoms with van der Waals surface area (Å²) in [6.07, 6.45) is 2.55. The quantitative estimate of drug-likeness (QED) is 0.821. The van der Waals surface area contributed by atoms with Crippen molar-refractivity contribution in [2.75, 3.05) is 30.3 Å². The molecule has 1 aliphatic heterocycles. The fraction of sp³-hybridized carbons (Fsp3) is 0.400. The fourth-order valence-electron chi connectivity index (χ4n) is 2.50. The minimum Gasteiger partial charge on any atom is -0.492 e. The molecule has 0 radical (unpaired) electrons. The van der Waals surface area contributed by atoms with Crippen molar-refractivity contribution in [3.05, 3.63) is 41.9 Å². The minimum absolute atomic E-state index is 0.0460. The van der Waals surface area contributed by atoms with Gasteiger partial charge in [-0.2, -0.15) is 0 Å². The van der Waals surface area contributed by atoms with Crippen LogP contribution in [-0.4, -0.2) is 44.9 Å². The van der Waals surface area contributed by atoms with E-state index in [1.54, 1.807) is 17.5 Å². The highest BCUT2D eigenvalue weighted by Gasteiger charge is 2.27. The van der Waals surface area contributed by atoms with Gasteiger partial charge in [0, 0.05) is 30.7 Å². The van der Waals surface area contributed by atoms with E-state index in [2.05, 4.69) is 14.6 Å². The van der Waals surface area contributed by atoms with E-state index < -0.39 is 10.0 Å². The first-order chi connectivity index (χ1) is 11.1. The third kappa shape index (κ3) is 4.66. The van der Waals surface area contributed by atoms with Crippen molar-refractivity contribution in [3.63, 3.8) is 0 Å². The molecule has 1 aromatic carbocycles. The molecule has 1 atom stereocenters. The van der Waals surface area contributed by atoms with Crippen LogP contribution in [0.4, 0.5) is 5.13 Å². The standard InChI is InChI=1S/C15H19N3O3S2/c19-23(20,11-9-21-14-4-2-1-3-5-14)17-13-6-8-18(12-13)15-16-7-10-22-15/h1-5,7,10,13,17H,6,8-9,11-12H2. The average molecular weight is 353 g/mol. The van der Waals surface area contributed by atoms with E-state index in [0.29, 0.717) is 12.3 Å². The Balaban J connectivity index is 1.45. The van der Waals surface area contributed by atoms with Crippen LogP contribution in [0.5, 0.6) is 5.75 Å². The summed E-state index contributed by atoms with van der Waals surface area (Å²) in [7, 11) is -3.35. The van der Waals surface area contributed by atoms with Gasteiger partial charge in [-0.05, 0) is 18.6 Å². The molecule has 0 aliphatic carbocycles. The summed E-state index contributed by atoms with van der Waals surface area (Å²) in [4.78, 5) is 6.37. The van der Waals surface area contributed by atoms with Crippen LogP contribution >= 0.6 is 11.3 Å². The van der Waals surface area contributed by atoms with Crippen LogP contribution < -0.4 is 14.4 Å². The number of thiazole rings is 1. The molecule has 6 nitrogen and oxygen atoms in total. The topological polar surface area (TPSA) is 71.5 Å². The lowest BCUT2D eigenvalue weighted by atomic mass is 10.3. The van der Waals surface area contributed by atoms with Gasteiger partial charge in [0.25, 0.3) is 0 Å². The zero-order valence-corrected chi connectivity index (χ0v) is 14.2. The van der Waals surface area contributed by atoms with Crippen molar-refractivity contribution in [2.45, 2.75) is 12.5 Å². The van der Waals surface area contributed by atoms with Gasteiger partial charge in [-0.1, -0.05) is 18.2 Å². The average Bonchev–Trinajstić information content (AvgIpc) is 3.18. The van der Waals surface area contributed by atoms with Crippen LogP contribution in [0.3, 0.4) is 0 Å². The van der Waals surface area contributed by atoms with Gasteiger partial charge in [0.05, 0.1) is 5.75 Å². The normalized spacial score (nSPS) is 18.3. The number of aromatic nitrogens is 1. The molecule has 1 N–H and O–H groups in total. The van der Waals surface area contributed by atoms with E-state index >= 15 is 0 Å². The molecule has 0 bridgehead atoms. The van der Waals surface area contributed by atoms with Crippen molar-refractivity contribution in [1.82, 2.24) is 9.71 Å². The van der Waals surface area contributed by atoms with Crippen LogP contribution in [0.25, 0.3) is 0 Å². The smallest absolute Gasteiger partial charge is 0.215 e. The number of anilines is 1. The largest absolute Gasteiger partial charge is 0.492 e. The van der Waals surface area contributed by atoms with Gasteiger partial charge in [-0.15, -0.1) is 11.3 Å². The Morgan fingerprint density at radius 2 is 2.17 bits per heavy atom. The lowest BCUT2D eigenvalue weighted by Gasteiger charge is -2.16. The SMILES string of the molecule is O=S(=O)(CCOc1ccccc1)NC1CCN(c2nccs2)C1. The number of para-hydroxylation sites is 1. The Labute approximate surface area is 140 Å². The zero-order chi connectivity index (χ0) is 16.1. The number of nitrogens with zero attached hydrogens (tertiary/aromatic N) is 2. The maximum atomic E-state index is 12.1. The number of nitrogens with one attached hydrogen (secondary N) is 1. The van der Waals surface area contributed by atoms with E-state index in [1.165, 1.54) is 0 Å². The van der Waals surface area contributed by atoms with Crippen molar-refractivity contribution < 1.29 is 13.2 Å². The first-order valence-electron chi connectivity index (χ1n) is 7.45. The van der Waals surface area contributed by atoms with Gasteiger partial charge in [0.15, 0.2) is 5.13 Å². The molecule has 8 heteroatoms. The number of hydrogen-bond acceptors (Lipinski definition) is 6. The summed E-state index contributed by atoms with van der Waals surface area (Å²) in [5.74, 6) is 0.633. The van der Waals surface area contributed by atoms with Gasteiger partial charge in [0.2, 0.25) is 10.0 Å². The van der Waals surface area contributed by atoms with Gasteiger partial charge >= 0.3 is 0 Å². The third-order valence-electron chi connectivity index (χ3n) is 3.59. The van der Waals surface area contributed by atoms with Crippen molar-refractivity contribution in [1.29, 1.82) is 0 Å². The maximum absolute atomic E-state index is 12.1. The highest BCUT2D eigenvalue weighted by Crippen LogP contribution is 2.22. The van der Waals surface area contributed by atoms with E-state index in [0.717, 1.165) is 18.1 Å². The summed E-state index contributed by atoms with van der Waals surface area (Å²) in [5, 5.41) is 2.87. The molecule has 3 rings (SSSR count). The molecule has 1 saturated heterocycles. The fourth-order valence-corrected chi connectivity index (χ4v) is 4.30. The molecule has 1 unspecified atom stereocenters. The van der Waals surface area contributed by atoms with Crippen molar-refractivity contribution in [2.24, 2.45) is 0 Å². The minimum atomic E-state index is -3.35. The maximum Gasteiger partial charge on any atom is 0.215 e. The summed E-state index contributed by atoms with van der Waals surface area (Å²) in [6.45, 7) is 1.62. The summed E-state index contributed by atoms with van der Waals surface area (Å²) in [5.41, 5.74) is 0. The van der Waals surface area contributed by atoms with E-state index in [-0.39, 0.29) is 18.4 Å². The zero-order valence-electron chi connectivity index (χ0n) is 12.6. The molecular formula is C15H19N3O3S2. The van der Waals surface area contributed by atoms with Crippen LogP contribution in [-0.2, 0) is 10.0 Å². The molecule has 0 amide bonds. The number of sulfonamides is 1. The van der Waals surface area contributed by atoms with Crippen LogP contribution in [0.2, 0.25) is 0 Å². The second-order valence-corrected chi connectivity index (χ2v) is 8.09. The molecule has 2 heterocycles. The van der Waals surface area contributed by atoms with E-state index in [1.807, 2.05) is 35.7 Å².